The Labute approximate surface area is 225 Å². The van der Waals surface area contributed by atoms with Gasteiger partial charge in [0.1, 0.15) is 0 Å². The number of aromatic nitrogens is 4. The molecule has 2 aromatic carbocycles. The Bertz CT molecular complexity index is 1470. The quantitative estimate of drug-likeness (QED) is 0.289. The summed E-state index contributed by atoms with van der Waals surface area (Å²) in [7, 11) is 0. The molecule has 6 rings (SSSR count). The minimum absolute atomic E-state index is 0.0275. The second-order valence-electron chi connectivity index (χ2n) is 10.4. The lowest BCUT2D eigenvalue weighted by atomic mass is 10.0. The van der Waals surface area contributed by atoms with Crippen molar-refractivity contribution in [1.29, 1.82) is 0 Å². The standard InChI is InChI=1S/C30H31F3N6/c1-20-7-2-3-8-25(20)26-9-6-10-27(35-26)39-29(36-28(37-39)30(31,32)33)34-23-14-11-21-12-15-24(16-13-22(21)19-23)38-17-4-5-18-38/h2-3,6-11,14,19,24H,4-5,12-13,15-18H2,1H3,(H,34,36,37). The molecule has 4 aromatic rings. The van der Waals surface area contributed by atoms with Crippen molar-refractivity contribution in [1.82, 2.24) is 24.6 Å². The molecule has 1 aliphatic heterocycles. The first-order valence-electron chi connectivity index (χ1n) is 13.6. The SMILES string of the molecule is Cc1ccccc1-c1cccc(-n2nc(C(F)(F)F)nc2Nc2ccc3c(c2)CCC(N2CCCC2)CC3)n1. The molecule has 0 amide bonds. The van der Waals surface area contributed by atoms with E-state index in [0.29, 0.717) is 17.4 Å². The van der Waals surface area contributed by atoms with Crippen molar-refractivity contribution in [2.45, 2.75) is 57.7 Å². The number of hydrogen-bond acceptors (Lipinski definition) is 5. The molecule has 9 heteroatoms. The molecule has 202 valence electrons. The Morgan fingerprint density at radius 3 is 2.41 bits per heavy atom. The maximum absolute atomic E-state index is 13.7. The number of benzene rings is 2. The maximum atomic E-state index is 13.7. The Kier molecular flexibility index (Phi) is 6.85. The molecule has 1 saturated heterocycles. The molecule has 0 saturated carbocycles. The Balaban J connectivity index is 1.31. The summed E-state index contributed by atoms with van der Waals surface area (Å²) < 4.78 is 42.2. The summed E-state index contributed by atoms with van der Waals surface area (Å²) in [6.45, 7) is 4.34. The molecule has 1 unspecified atom stereocenters. The molecule has 39 heavy (non-hydrogen) atoms. The number of alkyl halides is 3. The third-order valence-corrected chi connectivity index (χ3v) is 7.85. The molecule has 2 aromatic heterocycles. The number of anilines is 2. The van der Waals surface area contributed by atoms with Crippen LogP contribution in [0.1, 0.15) is 48.2 Å². The van der Waals surface area contributed by atoms with Crippen LogP contribution >= 0.6 is 0 Å². The van der Waals surface area contributed by atoms with Crippen LogP contribution in [0.5, 0.6) is 0 Å². The molecule has 1 fully saturated rings. The molecule has 1 aliphatic carbocycles. The lowest BCUT2D eigenvalue weighted by molar-refractivity contribution is -0.144. The van der Waals surface area contributed by atoms with Gasteiger partial charge in [-0.2, -0.15) is 22.8 Å². The summed E-state index contributed by atoms with van der Waals surface area (Å²) in [5.41, 5.74) is 5.81. The lowest BCUT2D eigenvalue weighted by Crippen LogP contribution is -2.32. The Morgan fingerprint density at radius 2 is 1.64 bits per heavy atom. The molecule has 2 aliphatic rings. The lowest BCUT2D eigenvalue weighted by Gasteiger charge is -2.25. The molecule has 0 spiro atoms. The number of pyridine rings is 1. The van der Waals surface area contributed by atoms with E-state index >= 15 is 0 Å². The minimum Gasteiger partial charge on any atom is -0.324 e. The van der Waals surface area contributed by atoms with Gasteiger partial charge in [-0.05, 0) is 99.5 Å². The molecule has 0 radical (unpaired) electrons. The fraction of sp³-hybridized carbons (Fsp3) is 0.367. The van der Waals surface area contributed by atoms with Crippen molar-refractivity contribution in [3.63, 3.8) is 0 Å². The summed E-state index contributed by atoms with van der Waals surface area (Å²) in [4.78, 5) is 11.1. The number of fused-ring (bicyclic) bond motifs is 1. The largest absolute Gasteiger partial charge is 0.453 e. The number of halogens is 3. The molecule has 1 atom stereocenters. The van der Waals surface area contributed by atoms with Gasteiger partial charge in [0.2, 0.25) is 5.95 Å². The third kappa shape index (κ3) is 5.41. The van der Waals surface area contributed by atoms with Gasteiger partial charge in [0.15, 0.2) is 5.82 Å². The summed E-state index contributed by atoms with van der Waals surface area (Å²) in [5.74, 6) is -0.985. The van der Waals surface area contributed by atoms with Gasteiger partial charge >= 0.3 is 6.18 Å². The first-order chi connectivity index (χ1) is 18.8. The van der Waals surface area contributed by atoms with Crippen LogP contribution in [0.25, 0.3) is 17.1 Å². The topological polar surface area (TPSA) is 58.9 Å². The Morgan fingerprint density at radius 1 is 0.872 bits per heavy atom. The van der Waals surface area contributed by atoms with Crippen LogP contribution in [0.2, 0.25) is 0 Å². The summed E-state index contributed by atoms with van der Waals surface area (Å²) in [6, 6.07) is 19.6. The fourth-order valence-electron chi connectivity index (χ4n) is 5.79. The number of nitrogens with one attached hydrogen (secondary N) is 1. The Hall–Kier alpha value is -3.72. The van der Waals surface area contributed by atoms with E-state index in [0.717, 1.165) is 41.5 Å². The number of likely N-dealkylation sites (tertiary alicyclic amines) is 1. The third-order valence-electron chi connectivity index (χ3n) is 7.85. The van der Waals surface area contributed by atoms with E-state index < -0.39 is 12.0 Å². The summed E-state index contributed by atoms with van der Waals surface area (Å²) >= 11 is 0. The highest BCUT2D eigenvalue weighted by molar-refractivity contribution is 5.64. The fourth-order valence-corrected chi connectivity index (χ4v) is 5.79. The van der Waals surface area contributed by atoms with E-state index in [1.807, 2.05) is 49.4 Å². The number of aryl methyl sites for hydroxylation is 3. The second-order valence-corrected chi connectivity index (χ2v) is 10.4. The second kappa shape index (κ2) is 10.4. The summed E-state index contributed by atoms with van der Waals surface area (Å²) in [5, 5.41) is 6.92. The van der Waals surface area contributed by atoms with Gasteiger partial charge in [-0.15, -0.1) is 5.10 Å². The summed E-state index contributed by atoms with van der Waals surface area (Å²) in [6.07, 6.45) is 2.08. The van der Waals surface area contributed by atoms with Gasteiger partial charge < -0.3 is 10.2 Å². The first kappa shape index (κ1) is 25.6. The molecule has 1 N–H and O–H groups in total. The highest BCUT2D eigenvalue weighted by Crippen LogP contribution is 2.32. The highest BCUT2D eigenvalue weighted by Gasteiger charge is 2.37. The van der Waals surface area contributed by atoms with Gasteiger partial charge in [0.05, 0.1) is 5.69 Å². The number of nitrogens with zero attached hydrogens (tertiary/aromatic N) is 5. The average Bonchev–Trinajstić information content (AvgIpc) is 3.56. The maximum Gasteiger partial charge on any atom is 0.453 e. The zero-order valence-electron chi connectivity index (χ0n) is 21.9. The van der Waals surface area contributed by atoms with Crippen molar-refractivity contribution in [2.75, 3.05) is 18.4 Å². The predicted octanol–water partition coefficient (Wildman–Crippen LogP) is 6.74. The van der Waals surface area contributed by atoms with Crippen molar-refractivity contribution < 1.29 is 13.2 Å². The van der Waals surface area contributed by atoms with Crippen molar-refractivity contribution in [2.24, 2.45) is 0 Å². The smallest absolute Gasteiger partial charge is 0.324 e. The van der Waals surface area contributed by atoms with Gasteiger partial charge in [-0.1, -0.05) is 36.4 Å². The van der Waals surface area contributed by atoms with Crippen LogP contribution in [0, 0.1) is 6.92 Å². The van der Waals surface area contributed by atoms with Crippen molar-refractivity contribution in [3.05, 3.63) is 83.2 Å². The van der Waals surface area contributed by atoms with E-state index in [4.69, 9.17) is 0 Å². The zero-order chi connectivity index (χ0) is 27.0. The predicted molar refractivity (Wildman–Crippen MR) is 145 cm³/mol. The monoisotopic (exact) mass is 532 g/mol. The average molecular weight is 533 g/mol. The van der Waals surface area contributed by atoms with Gasteiger partial charge in [0.25, 0.3) is 5.82 Å². The van der Waals surface area contributed by atoms with Crippen LogP contribution in [0.4, 0.5) is 24.8 Å². The molecular weight excluding hydrogens is 501 g/mol. The van der Waals surface area contributed by atoms with Crippen LogP contribution in [0.15, 0.2) is 60.7 Å². The van der Waals surface area contributed by atoms with Crippen LogP contribution in [0.3, 0.4) is 0 Å². The molecular formula is C30H31F3N6. The molecule has 3 heterocycles. The number of rotatable bonds is 5. The molecule has 0 bridgehead atoms. The van der Waals surface area contributed by atoms with Gasteiger partial charge in [0, 0.05) is 17.3 Å². The van der Waals surface area contributed by atoms with E-state index in [1.165, 1.54) is 37.1 Å². The van der Waals surface area contributed by atoms with E-state index in [2.05, 4.69) is 31.3 Å². The normalized spacial score (nSPS) is 18.1. The van der Waals surface area contributed by atoms with Crippen molar-refractivity contribution >= 4 is 11.6 Å². The number of hydrogen-bond donors (Lipinski definition) is 1. The zero-order valence-corrected chi connectivity index (χ0v) is 21.9. The van der Waals surface area contributed by atoms with E-state index in [-0.39, 0.29) is 11.8 Å². The molecule has 6 nitrogen and oxygen atoms in total. The van der Waals surface area contributed by atoms with Crippen LogP contribution < -0.4 is 5.32 Å². The van der Waals surface area contributed by atoms with Crippen LogP contribution in [-0.4, -0.2) is 43.8 Å². The van der Waals surface area contributed by atoms with E-state index in [1.54, 1.807) is 12.1 Å². The van der Waals surface area contributed by atoms with Gasteiger partial charge in [-0.3, -0.25) is 0 Å². The highest BCUT2D eigenvalue weighted by atomic mass is 19.4. The van der Waals surface area contributed by atoms with Gasteiger partial charge in [-0.25, -0.2) is 4.98 Å². The van der Waals surface area contributed by atoms with Crippen molar-refractivity contribution in [3.8, 4) is 17.1 Å². The van der Waals surface area contributed by atoms with Crippen LogP contribution in [-0.2, 0) is 19.0 Å². The minimum atomic E-state index is -4.69. The first-order valence-corrected chi connectivity index (χ1v) is 13.6. The van der Waals surface area contributed by atoms with E-state index in [9.17, 15) is 13.2 Å².